The van der Waals surface area contributed by atoms with Gasteiger partial charge in [0.1, 0.15) is 11.5 Å². The van der Waals surface area contributed by atoms with Crippen molar-refractivity contribution in [3.63, 3.8) is 0 Å². The Kier molecular flexibility index (Phi) is 5.42. The molecular weight excluding hydrogens is 310 g/mol. The summed E-state index contributed by atoms with van der Waals surface area (Å²) in [6, 6.07) is 21.6. The normalized spacial score (nSPS) is 10.8. The predicted molar refractivity (Wildman–Crippen MR) is 103 cm³/mol. The highest BCUT2D eigenvalue weighted by molar-refractivity contribution is 5.69. The Morgan fingerprint density at radius 2 is 1.76 bits per heavy atom. The SMILES string of the molecule is CCN(C)/C=N/c1ccc(-c2ccccc2Oc2ccccc2)nc1. The van der Waals surface area contributed by atoms with E-state index >= 15 is 0 Å². The summed E-state index contributed by atoms with van der Waals surface area (Å²) in [4.78, 5) is 11.0. The summed E-state index contributed by atoms with van der Waals surface area (Å²) in [5, 5.41) is 0. The molecule has 0 aliphatic heterocycles. The Hall–Kier alpha value is -3.14. The molecule has 1 aromatic heterocycles. The van der Waals surface area contributed by atoms with Crippen LogP contribution < -0.4 is 4.74 Å². The molecule has 3 rings (SSSR count). The van der Waals surface area contributed by atoms with Crippen LogP contribution in [0.1, 0.15) is 6.92 Å². The minimum atomic E-state index is 0.781. The van der Waals surface area contributed by atoms with Crippen LogP contribution in [0.3, 0.4) is 0 Å². The maximum absolute atomic E-state index is 6.01. The average Bonchev–Trinajstić information content (AvgIpc) is 2.68. The average molecular weight is 331 g/mol. The van der Waals surface area contributed by atoms with Crippen molar-refractivity contribution in [2.24, 2.45) is 4.99 Å². The Morgan fingerprint density at radius 1 is 1.00 bits per heavy atom. The molecule has 0 aliphatic rings. The monoisotopic (exact) mass is 331 g/mol. The van der Waals surface area contributed by atoms with Crippen LogP contribution in [0, 0.1) is 0 Å². The second-order valence-corrected chi connectivity index (χ2v) is 5.63. The molecule has 3 aromatic rings. The number of aliphatic imine (C=N–C) groups is 1. The number of aromatic nitrogens is 1. The molecule has 25 heavy (non-hydrogen) atoms. The van der Waals surface area contributed by atoms with Gasteiger partial charge in [-0.2, -0.15) is 0 Å². The van der Waals surface area contributed by atoms with Crippen molar-refractivity contribution >= 4 is 12.0 Å². The van der Waals surface area contributed by atoms with E-state index < -0.39 is 0 Å². The van der Waals surface area contributed by atoms with Gasteiger partial charge in [-0.15, -0.1) is 0 Å². The van der Waals surface area contributed by atoms with E-state index in [0.29, 0.717) is 0 Å². The molecule has 2 aromatic carbocycles. The summed E-state index contributed by atoms with van der Waals surface area (Å²) >= 11 is 0. The van der Waals surface area contributed by atoms with Crippen LogP contribution in [-0.2, 0) is 0 Å². The van der Waals surface area contributed by atoms with Gasteiger partial charge in [-0.25, -0.2) is 4.99 Å². The van der Waals surface area contributed by atoms with Crippen molar-refractivity contribution in [1.82, 2.24) is 9.88 Å². The van der Waals surface area contributed by atoms with E-state index in [4.69, 9.17) is 4.74 Å². The van der Waals surface area contributed by atoms with Gasteiger partial charge in [0.25, 0.3) is 0 Å². The number of pyridine rings is 1. The molecule has 0 atom stereocenters. The smallest absolute Gasteiger partial charge is 0.136 e. The fourth-order valence-corrected chi connectivity index (χ4v) is 2.25. The van der Waals surface area contributed by atoms with Crippen molar-refractivity contribution in [1.29, 1.82) is 0 Å². The largest absolute Gasteiger partial charge is 0.457 e. The summed E-state index contributed by atoms with van der Waals surface area (Å²) in [6.45, 7) is 3.00. The molecule has 1 heterocycles. The summed E-state index contributed by atoms with van der Waals surface area (Å²) in [6.07, 6.45) is 3.58. The molecule has 0 N–H and O–H groups in total. The van der Waals surface area contributed by atoms with Crippen LogP contribution in [0.2, 0.25) is 0 Å². The van der Waals surface area contributed by atoms with Crippen LogP contribution in [-0.4, -0.2) is 29.8 Å². The lowest BCUT2D eigenvalue weighted by molar-refractivity contribution is 0.484. The molecule has 0 amide bonds. The quantitative estimate of drug-likeness (QED) is 0.463. The molecule has 0 saturated carbocycles. The van der Waals surface area contributed by atoms with Crippen molar-refractivity contribution in [2.45, 2.75) is 6.92 Å². The van der Waals surface area contributed by atoms with E-state index in [1.54, 1.807) is 6.20 Å². The number of hydrogen-bond donors (Lipinski definition) is 0. The Morgan fingerprint density at radius 3 is 2.48 bits per heavy atom. The zero-order valence-corrected chi connectivity index (χ0v) is 14.5. The van der Waals surface area contributed by atoms with Crippen LogP contribution in [0.5, 0.6) is 11.5 Å². The molecule has 4 heteroatoms. The zero-order chi connectivity index (χ0) is 17.5. The van der Waals surface area contributed by atoms with E-state index in [-0.39, 0.29) is 0 Å². The van der Waals surface area contributed by atoms with Crippen molar-refractivity contribution in [2.75, 3.05) is 13.6 Å². The third-order valence-corrected chi connectivity index (χ3v) is 3.78. The first-order valence-corrected chi connectivity index (χ1v) is 8.29. The van der Waals surface area contributed by atoms with E-state index in [2.05, 4.69) is 16.9 Å². The maximum Gasteiger partial charge on any atom is 0.136 e. The number of nitrogens with zero attached hydrogens (tertiary/aromatic N) is 3. The molecular formula is C21H21N3O. The van der Waals surface area contributed by atoms with Gasteiger partial charge in [-0.3, -0.25) is 4.98 Å². The molecule has 0 bridgehead atoms. The molecule has 4 nitrogen and oxygen atoms in total. The van der Waals surface area contributed by atoms with E-state index in [1.165, 1.54) is 0 Å². The van der Waals surface area contributed by atoms with Crippen LogP contribution >= 0.6 is 0 Å². The molecule has 0 unspecified atom stereocenters. The van der Waals surface area contributed by atoms with E-state index in [1.807, 2.05) is 85.0 Å². The zero-order valence-electron chi connectivity index (χ0n) is 14.5. The highest BCUT2D eigenvalue weighted by Gasteiger charge is 2.08. The molecule has 0 fully saturated rings. The first kappa shape index (κ1) is 16.7. The summed E-state index contributed by atoms with van der Waals surface area (Å²) in [7, 11) is 1.99. The lowest BCUT2D eigenvalue weighted by atomic mass is 10.1. The van der Waals surface area contributed by atoms with Crippen LogP contribution in [0.4, 0.5) is 5.69 Å². The second-order valence-electron chi connectivity index (χ2n) is 5.63. The minimum absolute atomic E-state index is 0.781. The van der Waals surface area contributed by atoms with Crippen molar-refractivity contribution in [3.8, 4) is 22.8 Å². The topological polar surface area (TPSA) is 37.7 Å². The van der Waals surface area contributed by atoms with E-state index in [0.717, 1.165) is 35.0 Å². The van der Waals surface area contributed by atoms with Gasteiger partial charge in [0, 0.05) is 19.2 Å². The molecule has 126 valence electrons. The Labute approximate surface area is 148 Å². The third-order valence-electron chi connectivity index (χ3n) is 3.78. The van der Waals surface area contributed by atoms with Crippen LogP contribution in [0.25, 0.3) is 11.3 Å². The van der Waals surface area contributed by atoms with E-state index in [9.17, 15) is 0 Å². The van der Waals surface area contributed by atoms with Gasteiger partial charge in [0.15, 0.2) is 0 Å². The number of benzene rings is 2. The summed E-state index contributed by atoms with van der Waals surface area (Å²) in [5.74, 6) is 1.59. The molecule has 0 spiro atoms. The van der Waals surface area contributed by atoms with Gasteiger partial charge >= 0.3 is 0 Å². The standard InChI is InChI=1S/C21H21N3O/c1-3-24(2)16-23-17-13-14-20(22-15-17)19-11-7-8-12-21(19)25-18-9-5-4-6-10-18/h4-16H,3H2,1-2H3/b23-16+. The fraction of sp³-hybridized carbons (Fsp3) is 0.143. The van der Waals surface area contributed by atoms with Crippen molar-refractivity contribution < 1.29 is 4.74 Å². The first-order valence-electron chi connectivity index (χ1n) is 8.29. The van der Waals surface area contributed by atoms with Gasteiger partial charge < -0.3 is 9.64 Å². The van der Waals surface area contributed by atoms with Gasteiger partial charge in [-0.05, 0) is 43.3 Å². The predicted octanol–water partition coefficient (Wildman–Crippen LogP) is 5.15. The lowest BCUT2D eigenvalue weighted by Crippen LogP contribution is -2.14. The number of rotatable bonds is 6. The minimum Gasteiger partial charge on any atom is -0.457 e. The highest BCUT2D eigenvalue weighted by Crippen LogP contribution is 2.32. The first-order chi connectivity index (χ1) is 12.3. The van der Waals surface area contributed by atoms with Crippen LogP contribution in [0.15, 0.2) is 77.9 Å². The number of ether oxygens (including phenoxy) is 1. The van der Waals surface area contributed by atoms with Gasteiger partial charge in [0.05, 0.1) is 23.9 Å². The third kappa shape index (κ3) is 4.44. The Bertz CT molecular complexity index is 829. The number of para-hydroxylation sites is 2. The Balaban J connectivity index is 1.83. The second kappa shape index (κ2) is 8.11. The summed E-state index contributed by atoms with van der Waals surface area (Å²) in [5.41, 5.74) is 2.63. The highest BCUT2D eigenvalue weighted by atomic mass is 16.5. The molecule has 0 aliphatic carbocycles. The summed E-state index contributed by atoms with van der Waals surface area (Å²) < 4.78 is 6.01. The van der Waals surface area contributed by atoms with Gasteiger partial charge in [-0.1, -0.05) is 30.3 Å². The fourth-order valence-electron chi connectivity index (χ4n) is 2.25. The number of hydrogen-bond acceptors (Lipinski definition) is 3. The maximum atomic E-state index is 6.01. The van der Waals surface area contributed by atoms with Crippen molar-refractivity contribution in [3.05, 3.63) is 72.9 Å². The lowest BCUT2D eigenvalue weighted by Gasteiger charge is -2.11. The molecule has 0 saturated heterocycles. The van der Waals surface area contributed by atoms with Gasteiger partial charge in [0.2, 0.25) is 0 Å². The molecule has 0 radical (unpaired) electrons.